The van der Waals surface area contributed by atoms with Gasteiger partial charge >= 0.3 is 5.97 Å². The molecule has 1 rings (SSSR count). The molecule has 0 aromatic heterocycles. The lowest BCUT2D eigenvalue weighted by molar-refractivity contribution is -0.139. The van der Waals surface area contributed by atoms with Gasteiger partial charge in [-0.25, -0.2) is 0 Å². The number of carbonyl (C=O) groups is 1. The van der Waals surface area contributed by atoms with Gasteiger partial charge in [-0.2, -0.15) is 0 Å². The van der Waals surface area contributed by atoms with Crippen LogP contribution in [0.3, 0.4) is 0 Å². The number of rotatable bonds is 5. The zero-order valence-corrected chi connectivity index (χ0v) is 9.70. The Morgan fingerprint density at radius 1 is 1.33 bits per heavy atom. The fourth-order valence-electron chi connectivity index (χ4n) is 2.08. The predicted octanol–water partition coefficient (Wildman–Crippen LogP) is 0.923. The summed E-state index contributed by atoms with van der Waals surface area (Å²) in [7, 11) is 0. The van der Waals surface area contributed by atoms with E-state index < -0.39 is 12.0 Å². The number of hydrogen-bond donors (Lipinski definition) is 2. The van der Waals surface area contributed by atoms with Crippen molar-refractivity contribution >= 4 is 5.97 Å². The van der Waals surface area contributed by atoms with Gasteiger partial charge in [0.1, 0.15) is 6.04 Å². The first kappa shape index (κ1) is 12.5. The van der Waals surface area contributed by atoms with Gasteiger partial charge in [0.15, 0.2) is 0 Å². The Balaban J connectivity index is 2.22. The van der Waals surface area contributed by atoms with Crippen molar-refractivity contribution in [3.8, 4) is 0 Å². The lowest BCUT2D eigenvalue weighted by Gasteiger charge is -2.30. The molecule has 2 atom stereocenters. The van der Waals surface area contributed by atoms with Crippen LogP contribution in [0.4, 0.5) is 0 Å². The molecule has 1 aliphatic heterocycles. The molecule has 1 fully saturated rings. The van der Waals surface area contributed by atoms with Gasteiger partial charge in [0, 0.05) is 12.6 Å². The van der Waals surface area contributed by atoms with Crippen molar-refractivity contribution < 1.29 is 9.90 Å². The second-order valence-electron chi connectivity index (χ2n) is 4.49. The summed E-state index contributed by atoms with van der Waals surface area (Å²) in [5.74, 6) is -0.777. The highest BCUT2D eigenvalue weighted by Crippen LogP contribution is 2.08. The molecule has 2 N–H and O–H groups in total. The molecule has 15 heavy (non-hydrogen) atoms. The van der Waals surface area contributed by atoms with Crippen LogP contribution in [-0.4, -0.2) is 47.7 Å². The van der Waals surface area contributed by atoms with Crippen LogP contribution in [0.2, 0.25) is 0 Å². The van der Waals surface area contributed by atoms with E-state index in [1.54, 1.807) is 6.92 Å². The van der Waals surface area contributed by atoms with Crippen LogP contribution in [0.5, 0.6) is 0 Å². The second-order valence-corrected chi connectivity index (χ2v) is 4.49. The summed E-state index contributed by atoms with van der Waals surface area (Å²) in [6.45, 7) is 7.02. The van der Waals surface area contributed by atoms with E-state index in [-0.39, 0.29) is 6.04 Å². The van der Waals surface area contributed by atoms with Crippen molar-refractivity contribution in [3.05, 3.63) is 0 Å². The first-order valence-electron chi connectivity index (χ1n) is 5.81. The topological polar surface area (TPSA) is 52.6 Å². The van der Waals surface area contributed by atoms with E-state index >= 15 is 0 Å². The fourth-order valence-corrected chi connectivity index (χ4v) is 2.08. The molecule has 0 radical (unpaired) electrons. The Morgan fingerprint density at radius 3 is 2.47 bits per heavy atom. The highest BCUT2D eigenvalue weighted by atomic mass is 16.4. The molecular formula is C11H22N2O2. The number of aliphatic carboxylic acids is 1. The standard InChI is InChI=1S/C11H22N2O2/c1-9(12-10(2)11(14)15)8-13-6-4-3-5-7-13/h9-10,12H,3-8H2,1-2H3,(H,14,15). The SMILES string of the molecule is CC(CN1CCCCC1)NC(C)C(=O)O. The minimum Gasteiger partial charge on any atom is -0.480 e. The molecule has 4 nitrogen and oxygen atoms in total. The van der Waals surface area contributed by atoms with Gasteiger partial charge in [0.2, 0.25) is 0 Å². The smallest absolute Gasteiger partial charge is 0.320 e. The highest BCUT2D eigenvalue weighted by molar-refractivity contribution is 5.72. The number of carboxylic acid groups (broad SMARTS) is 1. The Hall–Kier alpha value is -0.610. The lowest BCUT2D eigenvalue weighted by atomic mass is 10.1. The van der Waals surface area contributed by atoms with Crippen molar-refractivity contribution in [1.29, 1.82) is 0 Å². The number of nitrogens with one attached hydrogen (secondary N) is 1. The van der Waals surface area contributed by atoms with Gasteiger partial charge in [-0.05, 0) is 39.8 Å². The number of piperidine rings is 1. The van der Waals surface area contributed by atoms with Crippen LogP contribution in [0, 0.1) is 0 Å². The zero-order chi connectivity index (χ0) is 11.3. The molecule has 0 bridgehead atoms. The molecule has 0 aromatic rings. The van der Waals surface area contributed by atoms with Crippen molar-refractivity contribution in [2.45, 2.75) is 45.2 Å². The summed E-state index contributed by atoms with van der Waals surface area (Å²) in [5.41, 5.74) is 0. The average molecular weight is 214 g/mol. The fraction of sp³-hybridized carbons (Fsp3) is 0.909. The molecule has 0 spiro atoms. The molecule has 0 aromatic carbocycles. The summed E-state index contributed by atoms with van der Waals surface area (Å²) < 4.78 is 0. The predicted molar refractivity (Wildman–Crippen MR) is 60.0 cm³/mol. The maximum atomic E-state index is 10.7. The third-order valence-corrected chi connectivity index (χ3v) is 2.89. The maximum Gasteiger partial charge on any atom is 0.320 e. The van der Waals surface area contributed by atoms with Crippen LogP contribution >= 0.6 is 0 Å². The van der Waals surface area contributed by atoms with Gasteiger partial charge in [0.25, 0.3) is 0 Å². The summed E-state index contributed by atoms with van der Waals surface area (Å²) in [6.07, 6.45) is 3.90. The summed E-state index contributed by atoms with van der Waals surface area (Å²) in [5, 5.41) is 11.8. The molecule has 2 unspecified atom stereocenters. The summed E-state index contributed by atoms with van der Waals surface area (Å²) >= 11 is 0. The van der Waals surface area contributed by atoms with Crippen LogP contribution in [-0.2, 0) is 4.79 Å². The molecule has 88 valence electrons. The summed E-state index contributed by atoms with van der Waals surface area (Å²) in [6, 6.07) is -0.209. The van der Waals surface area contributed by atoms with E-state index in [1.807, 2.05) is 6.92 Å². The monoisotopic (exact) mass is 214 g/mol. The Kier molecular flexibility index (Phi) is 5.05. The minimum atomic E-state index is -0.777. The second kappa shape index (κ2) is 6.08. The third kappa shape index (κ3) is 4.62. The van der Waals surface area contributed by atoms with E-state index in [0.717, 1.165) is 19.6 Å². The molecule has 1 saturated heterocycles. The lowest BCUT2D eigenvalue weighted by Crippen LogP contribution is -2.46. The third-order valence-electron chi connectivity index (χ3n) is 2.89. The van der Waals surface area contributed by atoms with E-state index in [9.17, 15) is 4.79 Å². The van der Waals surface area contributed by atoms with E-state index in [4.69, 9.17) is 5.11 Å². The quantitative estimate of drug-likeness (QED) is 0.714. The molecule has 1 aliphatic rings. The molecule has 0 amide bonds. The number of nitrogens with zero attached hydrogens (tertiary/aromatic N) is 1. The largest absolute Gasteiger partial charge is 0.480 e. The Morgan fingerprint density at radius 2 is 1.93 bits per heavy atom. The van der Waals surface area contributed by atoms with Crippen LogP contribution in [0.1, 0.15) is 33.1 Å². The normalized spacial score (nSPS) is 22.3. The Bertz CT molecular complexity index is 203. The first-order chi connectivity index (χ1) is 7.09. The number of likely N-dealkylation sites (tertiary alicyclic amines) is 1. The maximum absolute atomic E-state index is 10.7. The van der Waals surface area contributed by atoms with Gasteiger partial charge in [-0.15, -0.1) is 0 Å². The van der Waals surface area contributed by atoms with Gasteiger partial charge in [-0.1, -0.05) is 6.42 Å². The molecule has 0 aliphatic carbocycles. The van der Waals surface area contributed by atoms with Crippen LogP contribution in [0.15, 0.2) is 0 Å². The zero-order valence-electron chi connectivity index (χ0n) is 9.70. The van der Waals surface area contributed by atoms with Crippen molar-refractivity contribution in [2.75, 3.05) is 19.6 Å². The Labute approximate surface area is 91.6 Å². The van der Waals surface area contributed by atoms with Crippen LogP contribution in [0.25, 0.3) is 0 Å². The molecule has 0 saturated carbocycles. The van der Waals surface area contributed by atoms with E-state index in [2.05, 4.69) is 10.2 Å². The minimum absolute atomic E-state index is 0.245. The number of hydrogen-bond acceptors (Lipinski definition) is 3. The average Bonchev–Trinajstić information content (AvgIpc) is 2.18. The number of carboxylic acids is 1. The molecule has 1 heterocycles. The molecule has 4 heteroatoms. The first-order valence-corrected chi connectivity index (χ1v) is 5.81. The highest BCUT2D eigenvalue weighted by Gasteiger charge is 2.17. The van der Waals surface area contributed by atoms with E-state index in [0.29, 0.717) is 0 Å². The van der Waals surface area contributed by atoms with E-state index in [1.165, 1.54) is 19.3 Å². The van der Waals surface area contributed by atoms with Crippen molar-refractivity contribution in [3.63, 3.8) is 0 Å². The van der Waals surface area contributed by atoms with Gasteiger partial charge < -0.3 is 15.3 Å². The summed E-state index contributed by atoms with van der Waals surface area (Å²) in [4.78, 5) is 13.1. The van der Waals surface area contributed by atoms with Crippen LogP contribution < -0.4 is 5.32 Å². The molecular weight excluding hydrogens is 192 g/mol. The van der Waals surface area contributed by atoms with Crippen molar-refractivity contribution in [1.82, 2.24) is 10.2 Å². The van der Waals surface area contributed by atoms with Gasteiger partial charge in [0.05, 0.1) is 0 Å². The van der Waals surface area contributed by atoms with Gasteiger partial charge in [-0.3, -0.25) is 4.79 Å². The van der Waals surface area contributed by atoms with Crippen molar-refractivity contribution in [2.24, 2.45) is 0 Å².